The van der Waals surface area contributed by atoms with Crippen molar-refractivity contribution in [1.29, 1.82) is 0 Å². The molecule has 0 radical (unpaired) electrons. The van der Waals surface area contributed by atoms with Gasteiger partial charge in [-0.15, -0.1) is 5.10 Å². The average molecular weight is 287 g/mol. The number of aromatic nitrogens is 3. The Morgan fingerprint density at radius 1 is 1.35 bits per heavy atom. The fourth-order valence-corrected chi connectivity index (χ4v) is 2.80. The largest absolute Gasteiger partial charge is 0.423 e. The molecule has 6 heteroatoms. The summed E-state index contributed by atoms with van der Waals surface area (Å²) in [4.78, 5) is 11.7. The van der Waals surface area contributed by atoms with Crippen LogP contribution < -0.4 is 5.63 Å². The van der Waals surface area contributed by atoms with E-state index in [1.165, 1.54) is 11.8 Å². The lowest BCUT2D eigenvalue weighted by molar-refractivity contribution is 0.559. The first-order valence-electron chi connectivity index (χ1n) is 6.30. The molecule has 0 bridgehead atoms. The number of H-pyrrole nitrogens is 1. The smallest absolute Gasteiger partial charge is 0.336 e. The Kier molecular flexibility index (Phi) is 3.56. The molecule has 0 unspecified atom stereocenters. The highest BCUT2D eigenvalue weighted by atomic mass is 32.2. The van der Waals surface area contributed by atoms with Gasteiger partial charge in [0.1, 0.15) is 10.6 Å². The van der Waals surface area contributed by atoms with Gasteiger partial charge < -0.3 is 4.42 Å². The lowest BCUT2D eigenvalue weighted by Crippen LogP contribution is -2.00. The number of aryl methyl sites for hydroxylation is 1. The van der Waals surface area contributed by atoms with Crippen LogP contribution in [-0.4, -0.2) is 15.4 Å². The number of aromatic amines is 1. The lowest BCUT2D eigenvalue weighted by atomic mass is 10.1. The molecular formula is C14H13N3O2S. The van der Waals surface area contributed by atoms with Gasteiger partial charge >= 0.3 is 5.63 Å². The van der Waals surface area contributed by atoms with Crippen LogP contribution >= 0.6 is 11.8 Å². The van der Waals surface area contributed by atoms with Crippen molar-refractivity contribution in [3.05, 3.63) is 52.0 Å². The summed E-state index contributed by atoms with van der Waals surface area (Å²) in [5.74, 6) is 0.653. The van der Waals surface area contributed by atoms with Gasteiger partial charge in [-0.25, -0.2) is 4.79 Å². The molecule has 0 aliphatic carbocycles. The van der Waals surface area contributed by atoms with E-state index < -0.39 is 0 Å². The van der Waals surface area contributed by atoms with Crippen LogP contribution in [0.1, 0.15) is 18.1 Å². The van der Waals surface area contributed by atoms with Crippen molar-refractivity contribution >= 4 is 22.7 Å². The molecule has 5 nitrogen and oxygen atoms in total. The average Bonchev–Trinajstić information content (AvgIpc) is 2.97. The Morgan fingerprint density at radius 2 is 2.25 bits per heavy atom. The summed E-state index contributed by atoms with van der Waals surface area (Å²) in [5, 5.41) is 12.1. The number of rotatable bonds is 4. The van der Waals surface area contributed by atoms with E-state index in [1.807, 2.05) is 12.1 Å². The first kappa shape index (κ1) is 12.9. The molecule has 20 heavy (non-hydrogen) atoms. The third kappa shape index (κ3) is 2.60. The van der Waals surface area contributed by atoms with E-state index in [0.717, 1.165) is 28.0 Å². The van der Waals surface area contributed by atoms with Crippen molar-refractivity contribution in [2.75, 3.05) is 0 Å². The van der Waals surface area contributed by atoms with Gasteiger partial charge in [0.05, 0.1) is 6.20 Å². The lowest BCUT2D eigenvalue weighted by Gasteiger charge is -2.05. The first-order chi connectivity index (χ1) is 9.76. The molecule has 1 aromatic carbocycles. The van der Waals surface area contributed by atoms with E-state index >= 15 is 0 Å². The molecule has 0 atom stereocenters. The maximum Gasteiger partial charge on any atom is 0.336 e. The van der Waals surface area contributed by atoms with Crippen molar-refractivity contribution in [2.24, 2.45) is 0 Å². The predicted molar refractivity (Wildman–Crippen MR) is 77.8 cm³/mol. The van der Waals surface area contributed by atoms with Gasteiger partial charge in [0.25, 0.3) is 0 Å². The number of benzene rings is 1. The number of hydrogen-bond donors (Lipinski definition) is 1. The van der Waals surface area contributed by atoms with Gasteiger partial charge in [-0.1, -0.05) is 30.8 Å². The van der Waals surface area contributed by atoms with Gasteiger partial charge in [0.15, 0.2) is 0 Å². The van der Waals surface area contributed by atoms with Crippen LogP contribution in [0.3, 0.4) is 0 Å². The van der Waals surface area contributed by atoms with Gasteiger partial charge in [0.2, 0.25) is 0 Å². The van der Waals surface area contributed by atoms with E-state index in [4.69, 9.17) is 4.42 Å². The minimum atomic E-state index is -0.318. The highest BCUT2D eigenvalue weighted by Gasteiger charge is 2.08. The molecule has 3 aromatic rings. The summed E-state index contributed by atoms with van der Waals surface area (Å²) in [6.07, 6.45) is 2.57. The third-order valence-electron chi connectivity index (χ3n) is 3.07. The Bertz CT molecular complexity index is 781. The second kappa shape index (κ2) is 5.50. The van der Waals surface area contributed by atoms with E-state index in [1.54, 1.807) is 12.3 Å². The quantitative estimate of drug-likeness (QED) is 0.590. The van der Waals surface area contributed by atoms with E-state index in [2.05, 4.69) is 28.4 Å². The summed E-state index contributed by atoms with van der Waals surface area (Å²) in [5.41, 5.74) is 2.43. The molecule has 0 saturated heterocycles. The summed E-state index contributed by atoms with van der Waals surface area (Å²) in [7, 11) is 0. The number of nitrogens with zero attached hydrogens (tertiary/aromatic N) is 2. The van der Waals surface area contributed by atoms with E-state index in [-0.39, 0.29) is 5.63 Å². The molecule has 0 saturated carbocycles. The highest BCUT2D eigenvalue weighted by molar-refractivity contribution is 7.98. The molecule has 3 rings (SSSR count). The van der Waals surface area contributed by atoms with Crippen LogP contribution in [0, 0.1) is 0 Å². The van der Waals surface area contributed by atoms with Gasteiger partial charge in [0, 0.05) is 17.2 Å². The zero-order chi connectivity index (χ0) is 13.9. The monoisotopic (exact) mass is 287 g/mol. The maximum atomic E-state index is 11.7. The molecular weight excluding hydrogens is 274 g/mol. The minimum Gasteiger partial charge on any atom is -0.423 e. The molecule has 0 amide bonds. The second-order valence-corrected chi connectivity index (χ2v) is 5.37. The zero-order valence-corrected chi connectivity index (χ0v) is 11.7. The zero-order valence-electron chi connectivity index (χ0n) is 10.9. The summed E-state index contributed by atoms with van der Waals surface area (Å²) >= 11 is 1.53. The van der Waals surface area contributed by atoms with Crippen molar-refractivity contribution in [3.63, 3.8) is 0 Å². The fraction of sp³-hybridized carbons (Fsp3) is 0.214. The van der Waals surface area contributed by atoms with Crippen LogP contribution in [0.15, 0.2) is 44.7 Å². The Labute approximate surface area is 119 Å². The van der Waals surface area contributed by atoms with Crippen molar-refractivity contribution in [2.45, 2.75) is 24.1 Å². The van der Waals surface area contributed by atoms with Crippen LogP contribution in [-0.2, 0) is 12.2 Å². The van der Waals surface area contributed by atoms with Crippen molar-refractivity contribution < 1.29 is 4.42 Å². The number of fused-ring (bicyclic) bond motifs is 1. The van der Waals surface area contributed by atoms with Crippen LogP contribution in [0.5, 0.6) is 0 Å². The molecule has 0 spiro atoms. The molecule has 0 aliphatic heterocycles. The Hall–Kier alpha value is -2.08. The van der Waals surface area contributed by atoms with Crippen molar-refractivity contribution in [3.8, 4) is 0 Å². The van der Waals surface area contributed by atoms with Crippen LogP contribution in [0.2, 0.25) is 0 Å². The van der Waals surface area contributed by atoms with Crippen LogP contribution in [0.4, 0.5) is 0 Å². The molecule has 0 aliphatic rings. The Balaban J connectivity index is 1.99. The fourth-order valence-electron chi connectivity index (χ4n) is 2.03. The molecule has 102 valence electrons. The Morgan fingerprint density at radius 3 is 3.00 bits per heavy atom. The van der Waals surface area contributed by atoms with Gasteiger partial charge in [-0.3, -0.25) is 0 Å². The summed E-state index contributed by atoms with van der Waals surface area (Å²) in [6, 6.07) is 7.55. The minimum absolute atomic E-state index is 0.318. The van der Waals surface area contributed by atoms with Crippen LogP contribution in [0.25, 0.3) is 11.0 Å². The second-order valence-electron chi connectivity index (χ2n) is 4.37. The number of thioether (sulfide) groups is 1. The number of hydrogen-bond acceptors (Lipinski definition) is 5. The standard InChI is InChI=1S/C14H13N3O2S/c1-2-9-3-4-11-10(6-14(18)19-12(11)5-9)8-20-13-7-15-17-16-13/h3-7H,2,8H2,1H3,(H,15,16,17). The van der Waals surface area contributed by atoms with Gasteiger partial charge in [-0.2, -0.15) is 10.3 Å². The summed E-state index contributed by atoms with van der Waals surface area (Å²) < 4.78 is 5.28. The maximum absolute atomic E-state index is 11.7. The molecule has 0 fully saturated rings. The topological polar surface area (TPSA) is 71.8 Å². The number of nitrogens with one attached hydrogen (secondary N) is 1. The first-order valence-corrected chi connectivity index (χ1v) is 7.29. The van der Waals surface area contributed by atoms with Gasteiger partial charge in [-0.05, 0) is 23.6 Å². The summed E-state index contributed by atoms with van der Waals surface area (Å²) in [6.45, 7) is 2.07. The SMILES string of the molecule is CCc1ccc2c(CSc3cn[nH]n3)cc(=O)oc2c1. The highest BCUT2D eigenvalue weighted by Crippen LogP contribution is 2.25. The van der Waals surface area contributed by atoms with E-state index in [9.17, 15) is 4.79 Å². The molecule has 1 N–H and O–H groups in total. The predicted octanol–water partition coefficient (Wildman–Crippen LogP) is 2.77. The van der Waals surface area contributed by atoms with E-state index in [0.29, 0.717) is 11.3 Å². The van der Waals surface area contributed by atoms with Crippen molar-refractivity contribution in [1.82, 2.24) is 15.4 Å². The molecule has 2 aromatic heterocycles. The third-order valence-corrected chi connectivity index (χ3v) is 4.02. The normalized spacial score (nSPS) is 11.1. The molecule has 2 heterocycles.